The number of hydrogen-bond acceptors (Lipinski definition) is 5. The lowest BCUT2D eigenvalue weighted by atomic mass is 10.1. The lowest BCUT2D eigenvalue weighted by molar-refractivity contribution is 0.0697. The summed E-state index contributed by atoms with van der Waals surface area (Å²) >= 11 is 9.34. The minimum Gasteiger partial charge on any atom is -0.478 e. The van der Waals surface area contributed by atoms with E-state index in [0.29, 0.717) is 33.8 Å². The van der Waals surface area contributed by atoms with E-state index in [0.717, 1.165) is 10.9 Å². The third kappa shape index (κ3) is 4.62. The Kier molecular flexibility index (Phi) is 6.49. The first kappa shape index (κ1) is 22.9. The minimum absolute atomic E-state index is 0.0126. The minimum atomic E-state index is -1.12. The Labute approximate surface area is 202 Å². The van der Waals surface area contributed by atoms with Crippen molar-refractivity contribution in [2.75, 3.05) is 0 Å². The largest absolute Gasteiger partial charge is 0.478 e. The van der Waals surface area contributed by atoms with Crippen LogP contribution in [0.2, 0.25) is 5.02 Å². The van der Waals surface area contributed by atoms with E-state index in [1.54, 1.807) is 30.3 Å². The van der Waals surface area contributed by atoms with Crippen molar-refractivity contribution in [1.82, 2.24) is 9.66 Å². The van der Waals surface area contributed by atoms with Crippen LogP contribution in [-0.2, 0) is 0 Å². The second kappa shape index (κ2) is 9.33. The summed E-state index contributed by atoms with van der Waals surface area (Å²) in [5.74, 6) is 0.296. The predicted octanol–water partition coefficient (Wildman–Crippen LogP) is 6.17. The van der Waals surface area contributed by atoms with Crippen LogP contribution in [0.5, 0.6) is 0 Å². The first-order chi connectivity index (χ1) is 15.8. The van der Waals surface area contributed by atoms with Crippen molar-refractivity contribution < 1.29 is 14.3 Å². The van der Waals surface area contributed by atoms with Crippen molar-refractivity contribution in [3.05, 3.63) is 85.5 Å². The number of hydrogen-bond donors (Lipinski definition) is 1. The third-order valence-electron chi connectivity index (χ3n) is 5.30. The van der Waals surface area contributed by atoms with Crippen LogP contribution in [0.3, 0.4) is 0 Å². The van der Waals surface area contributed by atoms with Crippen LogP contribution in [0.25, 0.3) is 22.2 Å². The van der Waals surface area contributed by atoms with Crippen LogP contribution in [0.1, 0.15) is 48.1 Å². The molecule has 1 N–H and O–H groups in total. The number of furan rings is 1. The van der Waals surface area contributed by atoms with E-state index in [-0.39, 0.29) is 22.1 Å². The smallest absolute Gasteiger partial charge is 0.337 e. The highest BCUT2D eigenvalue weighted by molar-refractivity contribution is 9.10. The Hall–Kier alpha value is -3.23. The van der Waals surface area contributed by atoms with E-state index in [2.05, 4.69) is 26.0 Å². The van der Waals surface area contributed by atoms with Crippen LogP contribution >= 0.6 is 27.5 Å². The fraction of sp³-hybridized carbons (Fsp3) is 0.167. The first-order valence-electron chi connectivity index (χ1n) is 10.2. The van der Waals surface area contributed by atoms with E-state index in [9.17, 15) is 14.7 Å². The van der Waals surface area contributed by atoms with Gasteiger partial charge in [0.1, 0.15) is 17.3 Å². The van der Waals surface area contributed by atoms with Crippen LogP contribution in [0, 0.1) is 0 Å². The number of rotatable bonds is 6. The quantitative estimate of drug-likeness (QED) is 0.302. The maximum atomic E-state index is 13.2. The zero-order chi connectivity index (χ0) is 23.7. The molecule has 0 fully saturated rings. The highest BCUT2D eigenvalue weighted by Crippen LogP contribution is 2.27. The monoisotopic (exact) mass is 527 g/mol. The van der Waals surface area contributed by atoms with Crippen molar-refractivity contribution in [3.8, 4) is 11.3 Å². The fourth-order valence-electron chi connectivity index (χ4n) is 3.31. The molecule has 0 aliphatic heterocycles. The van der Waals surface area contributed by atoms with Gasteiger partial charge in [-0.05, 0) is 55.0 Å². The van der Waals surface area contributed by atoms with Gasteiger partial charge in [0.25, 0.3) is 5.56 Å². The van der Waals surface area contributed by atoms with Crippen molar-refractivity contribution in [2.24, 2.45) is 5.10 Å². The fourth-order valence-corrected chi connectivity index (χ4v) is 3.87. The predicted molar refractivity (Wildman–Crippen MR) is 132 cm³/mol. The number of nitrogens with zero attached hydrogens (tertiary/aromatic N) is 3. The lowest BCUT2D eigenvalue weighted by Gasteiger charge is -2.13. The number of aromatic carboxylic acids is 1. The van der Waals surface area contributed by atoms with E-state index >= 15 is 0 Å². The van der Waals surface area contributed by atoms with E-state index in [1.807, 2.05) is 19.9 Å². The van der Waals surface area contributed by atoms with Crippen molar-refractivity contribution >= 4 is 50.6 Å². The van der Waals surface area contributed by atoms with Crippen LogP contribution in [0.4, 0.5) is 0 Å². The number of carboxylic acids is 1. The van der Waals surface area contributed by atoms with Crippen LogP contribution in [0.15, 0.2) is 67.3 Å². The Morgan fingerprint density at radius 3 is 2.79 bits per heavy atom. The van der Waals surface area contributed by atoms with Crippen LogP contribution < -0.4 is 5.56 Å². The second-order valence-electron chi connectivity index (χ2n) is 7.50. The number of aromatic nitrogens is 2. The van der Waals surface area contributed by atoms with Gasteiger partial charge in [-0.25, -0.2) is 9.78 Å². The third-order valence-corrected chi connectivity index (χ3v) is 6.12. The molecule has 0 radical (unpaired) electrons. The van der Waals surface area contributed by atoms with Gasteiger partial charge in [-0.1, -0.05) is 41.4 Å². The van der Waals surface area contributed by atoms with Gasteiger partial charge in [0.05, 0.1) is 27.7 Å². The Morgan fingerprint density at radius 2 is 2.06 bits per heavy atom. The Morgan fingerprint density at radius 1 is 1.27 bits per heavy atom. The first-order valence-corrected chi connectivity index (χ1v) is 11.3. The Bertz CT molecular complexity index is 1460. The molecule has 0 aliphatic rings. The van der Waals surface area contributed by atoms with Gasteiger partial charge in [0.2, 0.25) is 0 Å². The number of benzene rings is 2. The molecule has 2 heterocycles. The van der Waals surface area contributed by atoms with Crippen molar-refractivity contribution in [2.45, 2.75) is 26.2 Å². The molecule has 4 rings (SSSR count). The molecular formula is C24H19BrClN3O4. The molecule has 0 aliphatic carbocycles. The molecule has 9 heteroatoms. The molecule has 2 aromatic carbocycles. The number of halogens is 2. The Balaban J connectivity index is 1.74. The zero-order valence-electron chi connectivity index (χ0n) is 17.8. The van der Waals surface area contributed by atoms with E-state index in [4.69, 9.17) is 16.0 Å². The summed E-state index contributed by atoms with van der Waals surface area (Å²) in [6.45, 7) is 4.01. The molecule has 0 bridgehead atoms. The standard InChI is InChI=1S/C24H19BrClN3O4/c1-3-13(2)22-28-20-8-5-15(25)11-18(20)23(30)29(22)27-12-16-6-9-21(33-16)14-4-7-19(26)17(10-14)24(31)32/h4-13H,3H2,1-2H3,(H,31,32)/t13-/m0/s1. The summed E-state index contributed by atoms with van der Waals surface area (Å²) in [6, 6.07) is 13.4. The van der Waals surface area contributed by atoms with Gasteiger partial charge in [-0.15, -0.1) is 0 Å². The molecule has 1 atom stereocenters. The highest BCUT2D eigenvalue weighted by Gasteiger charge is 2.16. The van der Waals surface area contributed by atoms with E-state index in [1.165, 1.54) is 23.0 Å². The van der Waals surface area contributed by atoms with Gasteiger partial charge in [-0.2, -0.15) is 9.78 Å². The molecule has 0 spiro atoms. The summed E-state index contributed by atoms with van der Waals surface area (Å²) in [6.07, 6.45) is 2.23. The number of fused-ring (bicyclic) bond motifs is 1. The van der Waals surface area contributed by atoms with Gasteiger partial charge >= 0.3 is 5.97 Å². The maximum absolute atomic E-state index is 13.2. The summed E-state index contributed by atoms with van der Waals surface area (Å²) < 4.78 is 7.89. The maximum Gasteiger partial charge on any atom is 0.337 e. The van der Waals surface area contributed by atoms with Gasteiger partial charge < -0.3 is 9.52 Å². The molecule has 168 valence electrons. The van der Waals surface area contributed by atoms with Crippen LogP contribution in [-0.4, -0.2) is 27.0 Å². The summed E-state index contributed by atoms with van der Waals surface area (Å²) in [4.78, 5) is 29.2. The summed E-state index contributed by atoms with van der Waals surface area (Å²) in [7, 11) is 0. The molecule has 0 saturated carbocycles. The SMILES string of the molecule is CC[C@H](C)c1nc2ccc(Br)cc2c(=O)n1N=Cc1ccc(-c2ccc(Cl)c(C(=O)O)c2)o1. The zero-order valence-corrected chi connectivity index (χ0v) is 20.1. The molecular weight excluding hydrogens is 510 g/mol. The lowest BCUT2D eigenvalue weighted by Crippen LogP contribution is -2.23. The second-order valence-corrected chi connectivity index (χ2v) is 8.83. The molecule has 0 unspecified atom stereocenters. The molecule has 2 aromatic heterocycles. The summed E-state index contributed by atoms with van der Waals surface area (Å²) in [5.41, 5.74) is 0.885. The molecule has 4 aromatic rings. The van der Waals surface area contributed by atoms with Gasteiger partial charge in [-0.3, -0.25) is 4.79 Å². The van der Waals surface area contributed by atoms with Crippen molar-refractivity contribution in [3.63, 3.8) is 0 Å². The summed E-state index contributed by atoms with van der Waals surface area (Å²) in [5, 5.41) is 14.3. The van der Waals surface area contributed by atoms with E-state index < -0.39 is 5.97 Å². The van der Waals surface area contributed by atoms with Gasteiger partial charge in [0.15, 0.2) is 0 Å². The molecule has 0 amide bonds. The average Bonchev–Trinajstić information content (AvgIpc) is 3.27. The highest BCUT2D eigenvalue weighted by atomic mass is 79.9. The van der Waals surface area contributed by atoms with Crippen molar-refractivity contribution in [1.29, 1.82) is 0 Å². The normalized spacial score (nSPS) is 12.5. The molecule has 7 nitrogen and oxygen atoms in total. The van der Waals surface area contributed by atoms with Gasteiger partial charge in [0, 0.05) is 16.0 Å². The number of carbonyl (C=O) groups is 1. The molecule has 0 saturated heterocycles. The topological polar surface area (TPSA) is 97.7 Å². The number of carboxylic acid groups (broad SMARTS) is 1. The average molecular weight is 529 g/mol. The molecule has 33 heavy (non-hydrogen) atoms.